The molecule has 1 aromatic heterocycles. The van der Waals surface area contributed by atoms with Crippen LogP contribution in [0.2, 0.25) is 0 Å². The molecule has 164 valence electrons. The number of nitrogens with one attached hydrogen (secondary N) is 1. The number of unbranched alkanes of at least 4 members (excludes halogenated alkanes) is 1. The standard InChI is InChI=1S/C22H26N4O3S2/c1-2-3-13-26-19-12-11-17(31(23,28)29)14-18(19)25-22(26)30-20(15-7-5-4-6-8-15)21(27)24-16-9-10-16/h4-8,11-12,14,16,20H,2-3,9-10,13H2,1H3,(H,24,27)(H2,23,28,29)/t20-/m1/s1. The van der Waals surface area contributed by atoms with Gasteiger partial charge in [0.2, 0.25) is 15.9 Å². The minimum atomic E-state index is -3.82. The molecule has 1 amide bonds. The van der Waals surface area contributed by atoms with Crippen molar-refractivity contribution in [2.45, 2.75) is 60.5 Å². The average molecular weight is 459 g/mol. The van der Waals surface area contributed by atoms with Gasteiger partial charge in [-0.05, 0) is 43.0 Å². The number of primary sulfonamides is 1. The third-order valence-electron chi connectivity index (χ3n) is 5.24. The van der Waals surface area contributed by atoms with Crippen LogP contribution in [-0.2, 0) is 21.4 Å². The van der Waals surface area contributed by atoms with Crippen LogP contribution in [0.15, 0.2) is 58.6 Å². The number of carbonyl (C=O) groups excluding carboxylic acids is 1. The van der Waals surface area contributed by atoms with Crippen LogP contribution >= 0.6 is 11.8 Å². The van der Waals surface area contributed by atoms with E-state index in [1.807, 2.05) is 30.3 Å². The number of fused-ring (bicyclic) bond motifs is 1. The Morgan fingerprint density at radius 3 is 2.65 bits per heavy atom. The molecule has 0 saturated heterocycles. The molecule has 1 heterocycles. The normalized spacial score (nSPS) is 15.2. The second-order valence-electron chi connectivity index (χ2n) is 7.79. The molecule has 1 fully saturated rings. The number of aromatic nitrogens is 2. The van der Waals surface area contributed by atoms with E-state index in [4.69, 9.17) is 10.1 Å². The number of imidazole rings is 1. The first-order valence-corrected chi connectivity index (χ1v) is 12.8. The second-order valence-corrected chi connectivity index (χ2v) is 10.4. The van der Waals surface area contributed by atoms with Gasteiger partial charge in [-0.15, -0.1) is 0 Å². The molecule has 9 heteroatoms. The molecule has 0 radical (unpaired) electrons. The van der Waals surface area contributed by atoms with Gasteiger partial charge in [0.05, 0.1) is 15.9 Å². The second kappa shape index (κ2) is 9.02. The highest BCUT2D eigenvalue weighted by molar-refractivity contribution is 8.00. The van der Waals surface area contributed by atoms with Crippen LogP contribution in [-0.4, -0.2) is 29.9 Å². The number of rotatable bonds is 9. The third kappa shape index (κ3) is 5.11. The van der Waals surface area contributed by atoms with Crippen molar-refractivity contribution in [2.24, 2.45) is 5.14 Å². The largest absolute Gasteiger partial charge is 0.352 e. The molecule has 0 aliphatic heterocycles. The maximum absolute atomic E-state index is 13.1. The summed E-state index contributed by atoms with van der Waals surface area (Å²) in [6.07, 6.45) is 3.98. The van der Waals surface area contributed by atoms with Crippen molar-refractivity contribution in [3.63, 3.8) is 0 Å². The molecule has 0 bridgehead atoms. The van der Waals surface area contributed by atoms with E-state index in [-0.39, 0.29) is 16.8 Å². The maximum Gasteiger partial charge on any atom is 0.238 e. The van der Waals surface area contributed by atoms with Crippen molar-refractivity contribution in [1.82, 2.24) is 14.9 Å². The highest BCUT2D eigenvalue weighted by atomic mass is 32.2. The van der Waals surface area contributed by atoms with Crippen molar-refractivity contribution < 1.29 is 13.2 Å². The molecule has 1 atom stereocenters. The summed E-state index contributed by atoms with van der Waals surface area (Å²) in [7, 11) is -3.82. The van der Waals surface area contributed by atoms with Gasteiger partial charge in [0.1, 0.15) is 5.25 Å². The molecule has 1 aliphatic carbocycles. The van der Waals surface area contributed by atoms with Crippen LogP contribution in [0, 0.1) is 0 Å². The first-order chi connectivity index (χ1) is 14.9. The van der Waals surface area contributed by atoms with Crippen LogP contribution in [0.1, 0.15) is 43.4 Å². The van der Waals surface area contributed by atoms with Crippen LogP contribution in [0.25, 0.3) is 11.0 Å². The zero-order valence-corrected chi connectivity index (χ0v) is 19.0. The quantitative estimate of drug-likeness (QED) is 0.477. The average Bonchev–Trinajstić information content (AvgIpc) is 3.49. The monoisotopic (exact) mass is 458 g/mol. The highest BCUT2D eigenvalue weighted by Crippen LogP contribution is 2.38. The SMILES string of the molecule is CCCCn1c(S[C@@H](C(=O)NC2CC2)c2ccccc2)nc2cc(S(N)(=O)=O)ccc21. The van der Waals surface area contributed by atoms with Gasteiger partial charge in [0.25, 0.3) is 0 Å². The van der Waals surface area contributed by atoms with Gasteiger partial charge in [0, 0.05) is 12.6 Å². The lowest BCUT2D eigenvalue weighted by Crippen LogP contribution is -2.30. The Hall–Kier alpha value is -2.36. The minimum Gasteiger partial charge on any atom is -0.352 e. The zero-order valence-electron chi connectivity index (χ0n) is 17.3. The Kier molecular flexibility index (Phi) is 6.36. The number of hydrogen-bond donors (Lipinski definition) is 2. The summed E-state index contributed by atoms with van der Waals surface area (Å²) in [5.41, 5.74) is 2.29. The zero-order chi connectivity index (χ0) is 22.0. The van der Waals surface area contributed by atoms with Gasteiger partial charge in [-0.3, -0.25) is 4.79 Å². The number of carbonyl (C=O) groups is 1. The summed E-state index contributed by atoms with van der Waals surface area (Å²) >= 11 is 1.39. The molecular weight excluding hydrogens is 432 g/mol. The summed E-state index contributed by atoms with van der Waals surface area (Å²) in [4.78, 5) is 17.8. The van der Waals surface area contributed by atoms with Crippen LogP contribution in [0.5, 0.6) is 0 Å². The Labute approximate surface area is 186 Å². The van der Waals surface area contributed by atoms with Crippen molar-refractivity contribution >= 4 is 38.7 Å². The first-order valence-electron chi connectivity index (χ1n) is 10.4. The van der Waals surface area contributed by atoms with E-state index in [2.05, 4.69) is 16.8 Å². The van der Waals surface area contributed by atoms with Crippen LogP contribution < -0.4 is 10.5 Å². The number of nitrogens with zero attached hydrogens (tertiary/aromatic N) is 2. The Morgan fingerprint density at radius 2 is 2.00 bits per heavy atom. The Morgan fingerprint density at radius 1 is 1.26 bits per heavy atom. The summed E-state index contributed by atoms with van der Waals surface area (Å²) in [5, 5.41) is 8.65. The molecule has 0 spiro atoms. The van der Waals surface area contributed by atoms with Gasteiger partial charge < -0.3 is 9.88 Å². The molecule has 7 nitrogen and oxygen atoms in total. The Bertz CT molecular complexity index is 1190. The van der Waals surface area contributed by atoms with E-state index in [1.165, 1.54) is 23.9 Å². The predicted molar refractivity (Wildman–Crippen MR) is 122 cm³/mol. The topological polar surface area (TPSA) is 107 Å². The number of nitrogens with two attached hydrogens (primary N) is 1. The Balaban J connectivity index is 1.74. The fourth-order valence-electron chi connectivity index (χ4n) is 3.40. The number of thioether (sulfide) groups is 1. The third-order valence-corrected chi connectivity index (χ3v) is 7.39. The number of aryl methyl sites for hydroxylation is 1. The molecule has 3 N–H and O–H groups in total. The molecule has 2 aromatic carbocycles. The highest BCUT2D eigenvalue weighted by Gasteiger charge is 2.30. The molecule has 4 rings (SSSR count). The van der Waals surface area contributed by atoms with E-state index in [0.29, 0.717) is 10.7 Å². The van der Waals surface area contributed by atoms with Gasteiger partial charge >= 0.3 is 0 Å². The predicted octanol–water partition coefficient (Wildman–Crippen LogP) is 3.60. The molecule has 1 aliphatic rings. The van der Waals surface area contributed by atoms with E-state index in [9.17, 15) is 13.2 Å². The minimum absolute atomic E-state index is 0.0296. The van der Waals surface area contributed by atoms with Gasteiger partial charge in [-0.1, -0.05) is 55.4 Å². The first kappa shape index (κ1) is 21.9. The van der Waals surface area contributed by atoms with E-state index in [1.54, 1.807) is 6.07 Å². The smallest absolute Gasteiger partial charge is 0.238 e. The number of benzene rings is 2. The van der Waals surface area contributed by atoms with E-state index < -0.39 is 15.3 Å². The number of amides is 1. The maximum atomic E-state index is 13.1. The van der Waals surface area contributed by atoms with E-state index in [0.717, 1.165) is 43.3 Å². The summed E-state index contributed by atoms with van der Waals surface area (Å²) in [5.74, 6) is -0.0296. The lowest BCUT2D eigenvalue weighted by atomic mass is 10.1. The van der Waals surface area contributed by atoms with Crippen LogP contribution in [0.4, 0.5) is 0 Å². The van der Waals surface area contributed by atoms with Crippen molar-refractivity contribution in [2.75, 3.05) is 0 Å². The van der Waals surface area contributed by atoms with E-state index >= 15 is 0 Å². The fraction of sp³-hybridized carbons (Fsp3) is 0.364. The summed E-state index contributed by atoms with van der Waals surface area (Å²) in [6.45, 7) is 2.84. The number of hydrogen-bond acceptors (Lipinski definition) is 5. The molecule has 3 aromatic rings. The number of sulfonamides is 1. The molecule has 1 saturated carbocycles. The van der Waals surface area contributed by atoms with Gasteiger partial charge in [-0.2, -0.15) is 0 Å². The summed E-state index contributed by atoms with van der Waals surface area (Å²) < 4.78 is 25.6. The van der Waals surface area contributed by atoms with Crippen molar-refractivity contribution in [1.29, 1.82) is 0 Å². The van der Waals surface area contributed by atoms with Crippen molar-refractivity contribution in [3.05, 3.63) is 54.1 Å². The lowest BCUT2D eigenvalue weighted by Gasteiger charge is -2.17. The molecule has 31 heavy (non-hydrogen) atoms. The van der Waals surface area contributed by atoms with Gasteiger partial charge in [-0.25, -0.2) is 18.5 Å². The molecule has 0 unspecified atom stereocenters. The van der Waals surface area contributed by atoms with Crippen LogP contribution in [0.3, 0.4) is 0 Å². The lowest BCUT2D eigenvalue weighted by molar-refractivity contribution is -0.120. The van der Waals surface area contributed by atoms with Gasteiger partial charge in [0.15, 0.2) is 5.16 Å². The fourth-order valence-corrected chi connectivity index (χ4v) is 5.08. The molecular formula is C22H26N4O3S2. The summed E-state index contributed by atoms with van der Waals surface area (Å²) in [6, 6.07) is 14.7. The van der Waals surface area contributed by atoms with Crippen molar-refractivity contribution in [3.8, 4) is 0 Å².